The highest BCUT2D eigenvalue weighted by Gasteiger charge is 2.19. The lowest BCUT2D eigenvalue weighted by Gasteiger charge is -2.25. The highest BCUT2D eigenvalue weighted by atomic mass is 15.4. The molecule has 0 bridgehead atoms. The third-order valence-electron chi connectivity index (χ3n) is 5.89. The van der Waals surface area contributed by atoms with Gasteiger partial charge in [0.05, 0.1) is 5.69 Å². The Morgan fingerprint density at radius 3 is 2.46 bits per heavy atom. The molecule has 2 aliphatic rings. The maximum absolute atomic E-state index is 4.93. The van der Waals surface area contributed by atoms with E-state index in [9.17, 15) is 0 Å². The first kappa shape index (κ1) is 19.0. The summed E-state index contributed by atoms with van der Waals surface area (Å²) in [5, 5.41) is 0. The molecule has 0 unspecified atom stereocenters. The van der Waals surface area contributed by atoms with Gasteiger partial charge in [0.1, 0.15) is 5.84 Å². The van der Waals surface area contributed by atoms with Gasteiger partial charge >= 0.3 is 0 Å². The molecule has 28 heavy (non-hydrogen) atoms. The highest BCUT2D eigenvalue weighted by Crippen LogP contribution is 2.26. The fraction of sp³-hybridized carbons (Fsp3) is 0.458. The summed E-state index contributed by atoms with van der Waals surface area (Å²) in [5.41, 5.74) is 10.6. The van der Waals surface area contributed by atoms with Crippen molar-refractivity contribution in [3.05, 3.63) is 60.2 Å². The zero-order chi connectivity index (χ0) is 19.0. The minimum Gasteiger partial charge on any atom is -0.372 e. The van der Waals surface area contributed by atoms with Crippen LogP contribution in [-0.4, -0.2) is 18.9 Å². The van der Waals surface area contributed by atoms with Gasteiger partial charge in [-0.15, -0.1) is 0 Å². The van der Waals surface area contributed by atoms with Crippen LogP contribution in [0.5, 0.6) is 0 Å². The van der Waals surface area contributed by atoms with Crippen molar-refractivity contribution in [1.82, 2.24) is 10.9 Å². The molecular weight excluding hydrogens is 344 g/mol. The fourth-order valence-corrected chi connectivity index (χ4v) is 4.31. The number of amidine groups is 1. The van der Waals surface area contributed by atoms with Gasteiger partial charge in [-0.2, -0.15) is 0 Å². The van der Waals surface area contributed by atoms with Crippen LogP contribution in [0.3, 0.4) is 0 Å². The number of nitrogens with zero attached hydrogens (tertiary/aromatic N) is 2. The van der Waals surface area contributed by atoms with Crippen LogP contribution in [0.1, 0.15) is 50.5 Å². The average Bonchev–Trinajstić information content (AvgIpc) is 3.30. The van der Waals surface area contributed by atoms with E-state index in [-0.39, 0.29) is 0 Å². The van der Waals surface area contributed by atoms with Crippen molar-refractivity contribution in [2.75, 3.05) is 18.0 Å². The molecule has 4 rings (SSSR count). The number of anilines is 1. The van der Waals surface area contributed by atoms with Crippen LogP contribution in [0.4, 0.5) is 11.4 Å². The molecule has 1 aliphatic heterocycles. The van der Waals surface area contributed by atoms with Gasteiger partial charge in [-0.05, 0) is 55.5 Å². The predicted molar refractivity (Wildman–Crippen MR) is 118 cm³/mol. The molecule has 0 aromatic heterocycles. The predicted octanol–water partition coefficient (Wildman–Crippen LogP) is 5.19. The number of hydrogen-bond acceptors (Lipinski definition) is 3. The van der Waals surface area contributed by atoms with Crippen molar-refractivity contribution >= 4 is 17.2 Å². The highest BCUT2D eigenvalue weighted by molar-refractivity contribution is 5.86. The normalized spacial score (nSPS) is 18.4. The van der Waals surface area contributed by atoms with E-state index in [1.807, 2.05) is 6.07 Å². The molecule has 4 nitrogen and oxygen atoms in total. The quantitative estimate of drug-likeness (QED) is 0.414. The molecule has 2 N–H and O–H groups in total. The maximum Gasteiger partial charge on any atom is 0.119 e. The first-order valence-corrected chi connectivity index (χ1v) is 10.8. The third-order valence-corrected chi connectivity index (χ3v) is 5.89. The summed E-state index contributed by atoms with van der Waals surface area (Å²) in [6.07, 6.45) is 9.03. The maximum atomic E-state index is 4.93. The third kappa shape index (κ3) is 5.14. The van der Waals surface area contributed by atoms with Crippen molar-refractivity contribution < 1.29 is 0 Å². The Balaban J connectivity index is 1.40. The lowest BCUT2D eigenvalue weighted by Crippen LogP contribution is -2.41. The lowest BCUT2D eigenvalue weighted by molar-refractivity contribution is 0.426. The van der Waals surface area contributed by atoms with E-state index in [4.69, 9.17) is 4.99 Å². The number of aliphatic imine (C=N–C) groups is 1. The van der Waals surface area contributed by atoms with Crippen LogP contribution >= 0.6 is 0 Å². The van der Waals surface area contributed by atoms with Crippen LogP contribution in [0, 0.1) is 5.92 Å². The van der Waals surface area contributed by atoms with E-state index in [1.165, 1.54) is 69.3 Å². The van der Waals surface area contributed by atoms with Crippen LogP contribution in [0.25, 0.3) is 0 Å². The second-order valence-corrected chi connectivity index (χ2v) is 8.01. The molecule has 0 atom stereocenters. The molecule has 2 fully saturated rings. The number of benzene rings is 2. The van der Waals surface area contributed by atoms with E-state index in [0.29, 0.717) is 5.92 Å². The van der Waals surface area contributed by atoms with Gasteiger partial charge in [-0.1, -0.05) is 49.6 Å². The number of rotatable bonds is 6. The average molecular weight is 377 g/mol. The first-order chi connectivity index (χ1) is 13.9. The summed E-state index contributed by atoms with van der Waals surface area (Å²) in [5.74, 6) is 1.61. The molecule has 2 aromatic rings. The van der Waals surface area contributed by atoms with Crippen LogP contribution in [0.2, 0.25) is 0 Å². The van der Waals surface area contributed by atoms with Crippen LogP contribution < -0.4 is 15.8 Å². The van der Waals surface area contributed by atoms with Crippen molar-refractivity contribution in [3.63, 3.8) is 0 Å². The summed E-state index contributed by atoms with van der Waals surface area (Å²) >= 11 is 0. The number of nitrogens with one attached hydrogen (secondary N) is 2. The summed E-state index contributed by atoms with van der Waals surface area (Å²) in [6.45, 7) is 3.16. The smallest absolute Gasteiger partial charge is 0.119 e. The Bertz CT molecular complexity index is 759. The molecule has 1 saturated heterocycles. The molecule has 0 radical (unpaired) electrons. The number of hydrazine groups is 1. The van der Waals surface area contributed by atoms with Gasteiger partial charge in [0, 0.05) is 31.2 Å². The van der Waals surface area contributed by atoms with Gasteiger partial charge in [0.2, 0.25) is 0 Å². The summed E-state index contributed by atoms with van der Waals surface area (Å²) in [7, 11) is 0. The Labute approximate surface area is 169 Å². The fourth-order valence-electron chi connectivity index (χ4n) is 4.31. The van der Waals surface area contributed by atoms with Crippen molar-refractivity contribution in [2.24, 2.45) is 10.9 Å². The Kier molecular flexibility index (Phi) is 6.61. The van der Waals surface area contributed by atoms with Crippen LogP contribution in [-0.2, 0) is 6.54 Å². The number of hydrogen-bond donors (Lipinski definition) is 2. The summed E-state index contributed by atoms with van der Waals surface area (Å²) in [6, 6.07) is 19.2. The molecule has 1 aliphatic carbocycles. The van der Waals surface area contributed by atoms with E-state index in [2.05, 4.69) is 64.3 Å². The Morgan fingerprint density at radius 2 is 1.68 bits per heavy atom. The van der Waals surface area contributed by atoms with E-state index in [1.54, 1.807) is 0 Å². The topological polar surface area (TPSA) is 39.7 Å². The molecule has 4 heteroatoms. The van der Waals surface area contributed by atoms with Crippen molar-refractivity contribution in [2.45, 2.75) is 51.5 Å². The molecule has 2 aromatic carbocycles. The van der Waals surface area contributed by atoms with Gasteiger partial charge < -0.3 is 10.3 Å². The SMILES string of the molecule is c1ccc(N=C(NNCc2cccc(N3CCCC3)c2)C2CCCCC2)cc1. The minimum absolute atomic E-state index is 0.525. The molecular formula is C24H32N4. The summed E-state index contributed by atoms with van der Waals surface area (Å²) in [4.78, 5) is 7.42. The zero-order valence-corrected chi connectivity index (χ0v) is 16.7. The van der Waals surface area contributed by atoms with Crippen molar-refractivity contribution in [3.8, 4) is 0 Å². The molecule has 1 heterocycles. The van der Waals surface area contributed by atoms with E-state index < -0.39 is 0 Å². The van der Waals surface area contributed by atoms with Gasteiger partial charge in [0.15, 0.2) is 0 Å². The summed E-state index contributed by atoms with van der Waals surface area (Å²) < 4.78 is 0. The van der Waals surface area contributed by atoms with Gasteiger partial charge in [0.25, 0.3) is 0 Å². The minimum atomic E-state index is 0.525. The lowest BCUT2D eigenvalue weighted by atomic mass is 9.88. The Hall–Kier alpha value is -2.33. The van der Waals surface area contributed by atoms with Gasteiger partial charge in [-0.25, -0.2) is 10.4 Å². The van der Waals surface area contributed by atoms with E-state index >= 15 is 0 Å². The van der Waals surface area contributed by atoms with Crippen LogP contribution in [0.15, 0.2) is 59.6 Å². The molecule has 1 saturated carbocycles. The molecule has 148 valence electrons. The largest absolute Gasteiger partial charge is 0.372 e. The second-order valence-electron chi connectivity index (χ2n) is 8.01. The molecule has 0 spiro atoms. The first-order valence-electron chi connectivity index (χ1n) is 10.8. The Morgan fingerprint density at radius 1 is 0.893 bits per heavy atom. The van der Waals surface area contributed by atoms with E-state index in [0.717, 1.165) is 18.1 Å². The second kappa shape index (κ2) is 9.74. The zero-order valence-electron chi connectivity index (χ0n) is 16.7. The van der Waals surface area contributed by atoms with Crippen molar-refractivity contribution in [1.29, 1.82) is 0 Å². The monoisotopic (exact) mass is 376 g/mol. The standard InChI is InChI=1S/C24H32N4/c1-3-11-21(12-4-1)24(26-22-13-5-2-6-14-22)27-25-19-20-10-9-15-23(18-20)28-16-7-8-17-28/h2,5-6,9-10,13-15,18,21,25H,1,3-4,7-8,11-12,16-17,19H2,(H,26,27). The molecule has 0 amide bonds. The van der Waals surface area contributed by atoms with Gasteiger partial charge in [-0.3, -0.25) is 0 Å². The number of para-hydroxylation sites is 1.